The first-order chi connectivity index (χ1) is 11.9. The third kappa shape index (κ3) is 4.97. The Balaban J connectivity index is 1.85. The SMILES string of the molecule is C[C@@H](Oc1ccccc1)C(=O)NCC(=O)Nc1ccc(F)c(F)c1F. The van der Waals surface area contributed by atoms with E-state index in [1.165, 1.54) is 6.92 Å². The molecule has 0 aliphatic rings. The van der Waals surface area contributed by atoms with Gasteiger partial charge in [0.1, 0.15) is 5.75 Å². The van der Waals surface area contributed by atoms with E-state index in [4.69, 9.17) is 4.74 Å². The molecule has 0 aromatic heterocycles. The van der Waals surface area contributed by atoms with Gasteiger partial charge in [-0.3, -0.25) is 9.59 Å². The molecule has 5 nitrogen and oxygen atoms in total. The van der Waals surface area contributed by atoms with Crippen LogP contribution in [0.3, 0.4) is 0 Å². The fraction of sp³-hybridized carbons (Fsp3) is 0.176. The van der Waals surface area contributed by atoms with Crippen LogP contribution in [0.15, 0.2) is 42.5 Å². The Morgan fingerprint density at radius 3 is 2.40 bits per heavy atom. The number of carbonyl (C=O) groups is 2. The van der Waals surface area contributed by atoms with Crippen LogP contribution in [-0.4, -0.2) is 24.5 Å². The summed E-state index contributed by atoms with van der Waals surface area (Å²) in [7, 11) is 0. The number of carbonyl (C=O) groups excluding carboxylic acids is 2. The van der Waals surface area contributed by atoms with Crippen molar-refractivity contribution in [2.45, 2.75) is 13.0 Å². The minimum absolute atomic E-state index is 0.485. The summed E-state index contributed by atoms with van der Waals surface area (Å²) in [6.45, 7) is 1.01. The highest BCUT2D eigenvalue weighted by atomic mass is 19.2. The number of nitrogens with one attached hydrogen (secondary N) is 2. The lowest BCUT2D eigenvalue weighted by molar-refractivity contribution is -0.129. The molecule has 2 aromatic rings. The van der Waals surface area contributed by atoms with Gasteiger partial charge in [-0.05, 0) is 31.2 Å². The normalized spacial score (nSPS) is 11.5. The van der Waals surface area contributed by atoms with Crippen molar-refractivity contribution >= 4 is 17.5 Å². The summed E-state index contributed by atoms with van der Waals surface area (Å²) >= 11 is 0. The molecule has 8 heteroatoms. The first kappa shape index (κ1) is 18.3. The lowest BCUT2D eigenvalue weighted by atomic mass is 10.2. The molecule has 0 unspecified atom stereocenters. The number of hydrogen-bond acceptors (Lipinski definition) is 3. The van der Waals surface area contributed by atoms with Crippen molar-refractivity contribution in [2.24, 2.45) is 0 Å². The van der Waals surface area contributed by atoms with Crippen LogP contribution in [0.1, 0.15) is 6.92 Å². The van der Waals surface area contributed by atoms with Gasteiger partial charge in [-0.15, -0.1) is 0 Å². The van der Waals surface area contributed by atoms with Gasteiger partial charge in [-0.1, -0.05) is 18.2 Å². The highest BCUT2D eigenvalue weighted by molar-refractivity contribution is 5.95. The topological polar surface area (TPSA) is 67.4 Å². The van der Waals surface area contributed by atoms with Crippen molar-refractivity contribution in [3.63, 3.8) is 0 Å². The maximum absolute atomic E-state index is 13.5. The number of halogens is 3. The van der Waals surface area contributed by atoms with Crippen LogP contribution < -0.4 is 15.4 Å². The number of anilines is 1. The molecule has 0 fully saturated rings. The van der Waals surface area contributed by atoms with E-state index < -0.39 is 47.6 Å². The molecule has 25 heavy (non-hydrogen) atoms. The summed E-state index contributed by atoms with van der Waals surface area (Å²) in [5, 5.41) is 4.35. The van der Waals surface area contributed by atoms with Crippen LogP contribution in [-0.2, 0) is 9.59 Å². The maximum atomic E-state index is 13.5. The smallest absolute Gasteiger partial charge is 0.261 e. The van der Waals surface area contributed by atoms with Crippen molar-refractivity contribution in [1.82, 2.24) is 5.32 Å². The molecular weight excluding hydrogens is 337 g/mol. The van der Waals surface area contributed by atoms with Crippen LogP contribution in [0.25, 0.3) is 0 Å². The zero-order valence-electron chi connectivity index (χ0n) is 13.2. The number of benzene rings is 2. The van der Waals surface area contributed by atoms with E-state index in [2.05, 4.69) is 5.32 Å². The summed E-state index contributed by atoms with van der Waals surface area (Å²) in [6.07, 6.45) is -0.866. The van der Waals surface area contributed by atoms with E-state index in [9.17, 15) is 22.8 Å². The van der Waals surface area contributed by atoms with Gasteiger partial charge >= 0.3 is 0 Å². The first-order valence-electron chi connectivity index (χ1n) is 7.31. The fourth-order valence-corrected chi connectivity index (χ4v) is 1.88. The average Bonchev–Trinajstić information content (AvgIpc) is 2.61. The van der Waals surface area contributed by atoms with Crippen molar-refractivity contribution in [3.8, 4) is 5.75 Å². The van der Waals surface area contributed by atoms with Gasteiger partial charge in [0.15, 0.2) is 23.6 Å². The van der Waals surface area contributed by atoms with Crippen LogP contribution in [0.4, 0.5) is 18.9 Å². The van der Waals surface area contributed by atoms with Crippen molar-refractivity contribution in [1.29, 1.82) is 0 Å². The molecule has 2 amide bonds. The highest BCUT2D eigenvalue weighted by Crippen LogP contribution is 2.19. The van der Waals surface area contributed by atoms with Gasteiger partial charge < -0.3 is 15.4 Å². The summed E-state index contributed by atoms with van der Waals surface area (Å²) in [4.78, 5) is 23.6. The number of amides is 2. The molecule has 0 saturated heterocycles. The van der Waals surface area contributed by atoms with Crippen molar-refractivity contribution in [2.75, 3.05) is 11.9 Å². The second kappa shape index (κ2) is 8.18. The van der Waals surface area contributed by atoms with Gasteiger partial charge in [0.05, 0.1) is 12.2 Å². The Bertz CT molecular complexity index is 769. The molecule has 0 bridgehead atoms. The number of ether oxygens (including phenoxy) is 1. The van der Waals surface area contributed by atoms with Crippen LogP contribution in [0.5, 0.6) is 5.75 Å². The van der Waals surface area contributed by atoms with Crippen LogP contribution in [0, 0.1) is 17.5 Å². The Kier molecular flexibility index (Phi) is 5.99. The van der Waals surface area contributed by atoms with E-state index in [0.29, 0.717) is 11.8 Å². The van der Waals surface area contributed by atoms with E-state index in [1.54, 1.807) is 30.3 Å². The van der Waals surface area contributed by atoms with E-state index in [1.807, 2.05) is 5.32 Å². The Labute approximate surface area is 141 Å². The van der Waals surface area contributed by atoms with Gasteiger partial charge in [0, 0.05) is 0 Å². The van der Waals surface area contributed by atoms with Crippen molar-refractivity contribution in [3.05, 3.63) is 59.9 Å². The molecule has 2 rings (SSSR count). The zero-order chi connectivity index (χ0) is 18.4. The second-order valence-corrected chi connectivity index (χ2v) is 5.06. The largest absolute Gasteiger partial charge is 0.481 e. The monoisotopic (exact) mass is 352 g/mol. The number of hydrogen-bond donors (Lipinski definition) is 2. The van der Waals surface area contributed by atoms with Crippen LogP contribution in [0.2, 0.25) is 0 Å². The predicted molar refractivity (Wildman–Crippen MR) is 84.5 cm³/mol. The lowest BCUT2D eigenvalue weighted by Gasteiger charge is -2.14. The first-order valence-corrected chi connectivity index (χ1v) is 7.31. The van der Waals surface area contributed by atoms with E-state index in [0.717, 1.165) is 6.07 Å². The minimum Gasteiger partial charge on any atom is -0.481 e. The lowest BCUT2D eigenvalue weighted by Crippen LogP contribution is -2.40. The standard InChI is InChI=1S/C17H15F3N2O3/c1-10(25-11-5-3-2-4-6-11)17(24)21-9-14(23)22-13-8-7-12(18)15(19)16(13)20/h2-8,10H,9H2,1H3,(H,21,24)(H,22,23)/t10-/m1/s1. The second-order valence-electron chi connectivity index (χ2n) is 5.06. The summed E-state index contributed by atoms with van der Waals surface area (Å²) in [5.41, 5.74) is -0.522. The average molecular weight is 352 g/mol. The third-order valence-corrected chi connectivity index (χ3v) is 3.16. The molecule has 2 aromatic carbocycles. The van der Waals surface area contributed by atoms with E-state index in [-0.39, 0.29) is 0 Å². The molecule has 0 spiro atoms. The van der Waals surface area contributed by atoms with Gasteiger partial charge in [-0.2, -0.15) is 0 Å². The van der Waals surface area contributed by atoms with Crippen LogP contribution >= 0.6 is 0 Å². The third-order valence-electron chi connectivity index (χ3n) is 3.16. The highest BCUT2D eigenvalue weighted by Gasteiger charge is 2.18. The minimum atomic E-state index is -1.69. The number of para-hydroxylation sites is 1. The summed E-state index contributed by atoms with van der Waals surface area (Å²) < 4.78 is 44.7. The predicted octanol–water partition coefficient (Wildman–Crippen LogP) is 2.63. The van der Waals surface area contributed by atoms with Gasteiger partial charge in [0.25, 0.3) is 5.91 Å². The Morgan fingerprint density at radius 1 is 1.04 bits per heavy atom. The van der Waals surface area contributed by atoms with Gasteiger partial charge in [0.2, 0.25) is 5.91 Å². The Hall–Kier alpha value is -3.03. The molecular formula is C17H15F3N2O3. The molecule has 0 heterocycles. The molecule has 132 valence electrons. The number of rotatable bonds is 6. The molecule has 2 N–H and O–H groups in total. The molecule has 0 aliphatic heterocycles. The molecule has 0 saturated carbocycles. The summed E-state index contributed by atoms with van der Waals surface area (Å²) in [6, 6.07) is 10.2. The Morgan fingerprint density at radius 2 is 1.72 bits per heavy atom. The summed E-state index contributed by atoms with van der Waals surface area (Å²) in [5.74, 6) is -5.45. The molecule has 1 atom stereocenters. The fourth-order valence-electron chi connectivity index (χ4n) is 1.88. The maximum Gasteiger partial charge on any atom is 0.261 e. The van der Waals surface area contributed by atoms with E-state index >= 15 is 0 Å². The van der Waals surface area contributed by atoms with Gasteiger partial charge in [-0.25, -0.2) is 13.2 Å². The quantitative estimate of drug-likeness (QED) is 0.786. The molecule has 0 radical (unpaired) electrons. The van der Waals surface area contributed by atoms with Crippen molar-refractivity contribution < 1.29 is 27.5 Å². The molecule has 0 aliphatic carbocycles. The zero-order valence-corrected chi connectivity index (χ0v) is 13.2.